The first kappa shape index (κ1) is 16.4. The first-order valence-corrected chi connectivity index (χ1v) is 6.18. The van der Waals surface area contributed by atoms with Gasteiger partial charge in [-0.3, -0.25) is 4.79 Å². The van der Waals surface area contributed by atoms with E-state index in [1.54, 1.807) is 6.92 Å². The molecule has 0 heterocycles. The molecular formula is C12H26N2O3. The maximum Gasteiger partial charge on any atom is 0.237 e. The van der Waals surface area contributed by atoms with E-state index in [4.69, 9.17) is 20.9 Å². The van der Waals surface area contributed by atoms with E-state index >= 15 is 0 Å². The topological polar surface area (TPSA) is 87.6 Å². The lowest BCUT2D eigenvalue weighted by Gasteiger charge is -2.24. The molecule has 0 aliphatic carbocycles. The van der Waals surface area contributed by atoms with Crippen LogP contribution in [0.25, 0.3) is 0 Å². The third-order valence-corrected chi connectivity index (χ3v) is 2.55. The Labute approximate surface area is 104 Å². The maximum atomic E-state index is 11.0. The van der Waals surface area contributed by atoms with Crippen LogP contribution in [-0.2, 0) is 14.3 Å². The lowest BCUT2D eigenvalue weighted by Crippen LogP contribution is -2.51. The van der Waals surface area contributed by atoms with Crippen molar-refractivity contribution in [3.05, 3.63) is 0 Å². The number of carbonyl (C=O) groups excluding carboxylic acids is 1. The zero-order valence-corrected chi connectivity index (χ0v) is 11.2. The highest BCUT2D eigenvalue weighted by Crippen LogP contribution is 2.10. The number of primary amides is 1. The second-order valence-electron chi connectivity index (χ2n) is 4.63. The van der Waals surface area contributed by atoms with Crippen molar-refractivity contribution in [2.45, 2.75) is 51.7 Å². The normalized spacial score (nSPS) is 16.5. The van der Waals surface area contributed by atoms with Gasteiger partial charge in [0.05, 0.1) is 24.9 Å². The minimum Gasteiger partial charge on any atom is -0.379 e. The zero-order chi connectivity index (χ0) is 13.3. The number of hydrogen-bond acceptors (Lipinski definition) is 4. The average Bonchev–Trinajstić information content (AvgIpc) is 2.22. The van der Waals surface area contributed by atoms with Crippen molar-refractivity contribution in [3.8, 4) is 0 Å². The minimum atomic E-state index is -1.01. The highest BCUT2D eigenvalue weighted by atomic mass is 16.5. The molecule has 0 aromatic heterocycles. The van der Waals surface area contributed by atoms with E-state index in [2.05, 4.69) is 6.92 Å². The zero-order valence-electron chi connectivity index (χ0n) is 11.2. The molecule has 2 unspecified atom stereocenters. The van der Waals surface area contributed by atoms with Gasteiger partial charge in [-0.25, -0.2) is 0 Å². The van der Waals surface area contributed by atoms with Crippen LogP contribution >= 0.6 is 0 Å². The Morgan fingerprint density at radius 1 is 1.35 bits per heavy atom. The summed E-state index contributed by atoms with van der Waals surface area (Å²) < 4.78 is 10.8. The second kappa shape index (κ2) is 8.44. The van der Waals surface area contributed by atoms with Crippen molar-refractivity contribution >= 4 is 5.91 Å². The fraction of sp³-hybridized carbons (Fsp3) is 0.917. The van der Waals surface area contributed by atoms with Crippen LogP contribution in [0.4, 0.5) is 0 Å². The lowest BCUT2D eigenvalue weighted by molar-refractivity contribution is -0.124. The molecule has 0 saturated heterocycles. The molecule has 17 heavy (non-hydrogen) atoms. The summed E-state index contributed by atoms with van der Waals surface area (Å²) in [5.41, 5.74) is 9.92. The third-order valence-electron chi connectivity index (χ3n) is 2.55. The number of carbonyl (C=O) groups is 1. The van der Waals surface area contributed by atoms with Gasteiger partial charge >= 0.3 is 0 Å². The van der Waals surface area contributed by atoms with E-state index in [-0.39, 0.29) is 6.10 Å². The molecule has 0 rings (SSSR count). The van der Waals surface area contributed by atoms with Crippen molar-refractivity contribution < 1.29 is 14.3 Å². The molecular weight excluding hydrogens is 220 g/mol. The standard InChI is InChI=1S/C12H26N2O3/c1-4-5-6-16-7-8-17-10(2)9-12(3,14)11(13)15/h10H,4-9,14H2,1-3H3,(H2,13,15). The molecule has 5 nitrogen and oxygen atoms in total. The molecule has 0 radical (unpaired) electrons. The molecule has 1 amide bonds. The molecule has 102 valence electrons. The van der Waals surface area contributed by atoms with E-state index in [1.807, 2.05) is 6.92 Å². The van der Waals surface area contributed by atoms with Crippen LogP contribution in [0.3, 0.4) is 0 Å². The van der Waals surface area contributed by atoms with Gasteiger partial charge in [-0.05, 0) is 26.7 Å². The summed E-state index contributed by atoms with van der Waals surface area (Å²) in [5.74, 6) is -0.507. The minimum absolute atomic E-state index is 0.104. The maximum absolute atomic E-state index is 11.0. The van der Waals surface area contributed by atoms with Crippen LogP contribution in [0.5, 0.6) is 0 Å². The fourth-order valence-electron chi connectivity index (χ4n) is 1.41. The smallest absolute Gasteiger partial charge is 0.237 e. The fourth-order valence-corrected chi connectivity index (χ4v) is 1.41. The van der Waals surface area contributed by atoms with Crippen LogP contribution in [0.15, 0.2) is 0 Å². The van der Waals surface area contributed by atoms with Crippen LogP contribution < -0.4 is 11.5 Å². The third kappa shape index (κ3) is 8.12. The summed E-state index contributed by atoms with van der Waals surface area (Å²) in [4.78, 5) is 11.0. The first-order valence-electron chi connectivity index (χ1n) is 6.18. The van der Waals surface area contributed by atoms with Crippen molar-refractivity contribution in [1.29, 1.82) is 0 Å². The van der Waals surface area contributed by atoms with E-state index in [9.17, 15) is 4.79 Å². The molecule has 0 aromatic rings. The molecule has 4 N–H and O–H groups in total. The highest BCUT2D eigenvalue weighted by Gasteiger charge is 2.28. The Morgan fingerprint density at radius 3 is 2.53 bits per heavy atom. The molecule has 2 atom stereocenters. The van der Waals surface area contributed by atoms with Crippen LogP contribution in [0.2, 0.25) is 0 Å². The summed E-state index contributed by atoms with van der Waals surface area (Å²) in [6, 6.07) is 0. The number of nitrogens with two attached hydrogens (primary N) is 2. The average molecular weight is 246 g/mol. The molecule has 0 fully saturated rings. The predicted molar refractivity (Wildman–Crippen MR) is 67.5 cm³/mol. The van der Waals surface area contributed by atoms with Crippen molar-refractivity contribution in [2.24, 2.45) is 11.5 Å². The largest absolute Gasteiger partial charge is 0.379 e. The van der Waals surface area contributed by atoms with Crippen LogP contribution in [0, 0.1) is 0 Å². The molecule has 0 bridgehead atoms. The van der Waals surface area contributed by atoms with Gasteiger partial charge in [0.2, 0.25) is 5.91 Å². The van der Waals surface area contributed by atoms with Crippen LogP contribution in [-0.4, -0.2) is 37.4 Å². The molecule has 0 aliphatic rings. The lowest BCUT2D eigenvalue weighted by atomic mass is 9.95. The quantitative estimate of drug-likeness (QED) is 0.558. The Bertz CT molecular complexity index is 220. The van der Waals surface area contributed by atoms with Gasteiger partial charge < -0.3 is 20.9 Å². The predicted octanol–water partition coefficient (Wildman–Crippen LogP) is 0.801. The van der Waals surface area contributed by atoms with Gasteiger partial charge in [0.25, 0.3) is 0 Å². The summed E-state index contributed by atoms with van der Waals surface area (Å²) in [5, 5.41) is 0. The number of rotatable bonds is 10. The van der Waals surface area contributed by atoms with E-state index < -0.39 is 11.4 Å². The van der Waals surface area contributed by atoms with Gasteiger partial charge in [-0.2, -0.15) is 0 Å². The van der Waals surface area contributed by atoms with Gasteiger partial charge in [-0.15, -0.1) is 0 Å². The monoisotopic (exact) mass is 246 g/mol. The molecule has 0 aromatic carbocycles. The summed E-state index contributed by atoms with van der Waals surface area (Å²) >= 11 is 0. The molecule has 0 spiro atoms. The first-order chi connectivity index (χ1) is 7.90. The van der Waals surface area contributed by atoms with Gasteiger partial charge in [0.15, 0.2) is 0 Å². The van der Waals surface area contributed by atoms with E-state index in [1.165, 1.54) is 0 Å². The van der Waals surface area contributed by atoms with Crippen LogP contribution in [0.1, 0.15) is 40.0 Å². The molecule has 0 saturated carbocycles. The van der Waals surface area contributed by atoms with Gasteiger partial charge in [-0.1, -0.05) is 13.3 Å². The number of amides is 1. The summed E-state index contributed by atoms with van der Waals surface area (Å²) in [6.07, 6.45) is 2.50. The van der Waals surface area contributed by atoms with Crippen molar-refractivity contribution in [3.63, 3.8) is 0 Å². The Kier molecular flexibility index (Phi) is 8.12. The highest BCUT2D eigenvalue weighted by molar-refractivity contribution is 5.83. The van der Waals surface area contributed by atoms with Gasteiger partial charge in [0.1, 0.15) is 0 Å². The molecule has 0 aliphatic heterocycles. The summed E-state index contributed by atoms with van der Waals surface area (Å²) in [6.45, 7) is 7.47. The Morgan fingerprint density at radius 2 is 2.00 bits per heavy atom. The number of ether oxygens (including phenoxy) is 2. The number of hydrogen-bond donors (Lipinski definition) is 2. The number of unbranched alkanes of at least 4 members (excludes halogenated alkanes) is 1. The Balaban J connectivity index is 3.59. The Hall–Kier alpha value is -0.650. The second-order valence-corrected chi connectivity index (χ2v) is 4.63. The van der Waals surface area contributed by atoms with Gasteiger partial charge in [0, 0.05) is 6.61 Å². The summed E-state index contributed by atoms with van der Waals surface area (Å²) in [7, 11) is 0. The van der Waals surface area contributed by atoms with Crippen molar-refractivity contribution in [2.75, 3.05) is 19.8 Å². The SMILES string of the molecule is CCCCOCCOC(C)CC(C)(N)C(N)=O. The van der Waals surface area contributed by atoms with Crippen molar-refractivity contribution in [1.82, 2.24) is 0 Å². The van der Waals surface area contributed by atoms with E-state index in [0.717, 1.165) is 19.4 Å². The van der Waals surface area contributed by atoms with E-state index in [0.29, 0.717) is 19.6 Å². The molecule has 5 heteroatoms.